The maximum absolute atomic E-state index is 6.17. The number of hydrogen-bond acceptors (Lipinski definition) is 3. The van der Waals surface area contributed by atoms with Gasteiger partial charge in [0.2, 0.25) is 0 Å². The molecular weight excluding hydrogens is 430 g/mol. The van der Waals surface area contributed by atoms with Gasteiger partial charge in [0.1, 0.15) is 0 Å². The van der Waals surface area contributed by atoms with Crippen molar-refractivity contribution in [2.45, 2.75) is 57.0 Å². The number of ether oxygens (including phenoxy) is 3. The Balaban J connectivity index is 0.000000963. The smallest absolute Gasteiger partial charge is 0.0996 e. The Labute approximate surface area is 121 Å². The van der Waals surface area contributed by atoms with E-state index in [0.29, 0.717) is 0 Å². The van der Waals surface area contributed by atoms with Crippen LogP contribution in [0, 0.1) is 43.1 Å². The van der Waals surface area contributed by atoms with Crippen molar-refractivity contribution in [2.24, 2.45) is 5.41 Å². The van der Waals surface area contributed by atoms with Crippen molar-refractivity contribution in [1.82, 2.24) is 0 Å². The molecule has 0 aromatic rings. The molecule has 1 unspecified atom stereocenters. The summed E-state index contributed by atoms with van der Waals surface area (Å²) in [5, 5.41) is 0. The van der Waals surface area contributed by atoms with Crippen LogP contribution in [0.25, 0.3) is 0 Å². The van der Waals surface area contributed by atoms with Crippen LogP contribution >= 0.6 is 0 Å². The van der Waals surface area contributed by atoms with E-state index >= 15 is 0 Å². The molecule has 4 heteroatoms. The molecule has 1 saturated carbocycles. The van der Waals surface area contributed by atoms with Crippen LogP contribution in [0.5, 0.6) is 0 Å². The van der Waals surface area contributed by atoms with Gasteiger partial charge in [0.05, 0.1) is 17.3 Å². The van der Waals surface area contributed by atoms with Crippen LogP contribution in [0.1, 0.15) is 33.6 Å². The summed E-state index contributed by atoms with van der Waals surface area (Å²) in [6, 6.07) is 0. The van der Waals surface area contributed by atoms with E-state index in [9.17, 15) is 0 Å². The van der Waals surface area contributed by atoms with Gasteiger partial charge in [-0.15, -0.1) is 0 Å². The van der Waals surface area contributed by atoms with E-state index in [4.69, 9.17) is 14.2 Å². The van der Waals surface area contributed by atoms with Gasteiger partial charge in [0, 0.05) is 38.2 Å². The molecule has 2 saturated heterocycles. The summed E-state index contributed by atoms with van der Waals surface area (Å²) in [7, 11) is 1.75. The molecule has 3 rings (SSSR count). The molecule has 0 amide bonds. The molecule has 1 aliphatic carbocycles. The first-order valence-corrected chi connectivity index (χ1v) is 5.75. The van der Waals surface area contributed by atoms with Crippen molar-refractivity contribution < 1.29 is 45.3 Å². The maximum atomic E-state index is 6.17. The quantitative estimate of drug-likeness (QED) is 0.604. The molecule has 16 heavy (non-hydrogen) atoms. The zero-order valence-electron chi connectivity index (χ0n) is 10.4. The first kappa shape index (κ1) is 13.4. The Kier molecular flexibility index (Phi) is 3.10. The number of fused-ring (bicyclic) bond motifs is 3. The van der Waals surface area contributed by atoms with Crippen molar-refractivity contribution in [2.75, 3.05) is 7.11 Å². The predicted molar refractivity (Wildman–Crippen MR) is 55.2 cm³/mol. The summed E-state index contributed by atoms with van der Waals surface area (Å²) in [5.74, 6) is 0. The molecule has 4 atom stereocenters. The molecule has 0 N–H and O–H groups in total. The third-order valence-corrected chi connectivity index (χ3v) is 4.63. The Hall–Kier alpha value is 0.932. The standard InChI is InChI=1S/C12H19O3.U/c1-5-11-9(13-4)8(6-14-11)15-12(11)7-10(12,2)3;/h6,8-9H,5,7H2,1-4H3;/q-1;/t8-,9-,11+,12?;/m0./s1. The van der Waals surface area contributed by atoms with E-state index < -0.39 is 0 Å². The molecule has 2 bridgehead atoms. The van der Waals surface area contributed by atoms with Crippen molar-refractivity contribution in [3.8, 4) is 0 Å². The molecular formula is C12H19O3U-. The van der Waals surface area contributed by atoms with Gasteiger partial charge in [-0.25, -0.2) is 0 Å². The Morgan fingerprint density at radius 2 is 2.06 bits per heavy atom. The second-order valence-electron chi connectivity index (χ2n) is 5.62. The predicted octanol–water partition coefficient (Wildman–Crippen LogP) is 1.91. The summed E-state index contributed by atoms with van der Waals surface area (Å²) in [6.07, 6.45) is 2.13. The second-order valence-corrected chi connectivity index (χ2v) is 5.62. The average molecular weight is 449 g/mol. The minimum atomic E-state index is -0.240. The number of rotatable bonds is 2. The molecule has 1 spiro atoms. The summed E-state index contributed by atoms with van der Waals surface area (Å²) >= 11 is 0. The normalized spacial score (nSPS) is 51.8. The summed E-state index contributed by atoms with van der Waals surface area (Å²) < 4.78 is 17.7. The minimum Gasteiger partial charge on any atom is -0.541 e. The zero-order valence-corrected chi connectivity index (χ0v) is 14.5. The fourth-order valence-corrected chi connectivity index (χ4v) is 3.74. The van der Waals surface area contributed by atoms with Gasteiger partial charge in [-0.05, 0) is 24.4 Å². The van der Waals surface area contributed by atoms with Gasteiger partial charge in [0.25, 0.3) is 0 Å². The molecule has 2 aliphatic heterocycles. The fourth-order valence-electron chi connectivity index (χ4n) is 3.74. The van der Waals surface area contributed by atoms with Crippen LogP contribution in [0.4, 0.5) is 0 Å². The first-order valence-electron chi connectivity index (χ1n) is 5.75. The summed E-state index contributed by atoms with van der Waals surface area (Å²) in [4.78, 5) is 0. The van der Waals surface area contributed by atoms with Crippen LogP contribution < -0.4 is 0 Å². The van der Waals surface area contributed by atoms with Crippen LogP contribution in [0.15, 0.2) is 0 Å². The number of methoxy groups -OCH3 is 1. The van der Waals surface area contributed by atoms with Crippen molar-refractivity contribution in [3.63, 3.8) is 0 Å². The van der Waals surface area contributed by atoms with Crippen LogP contribution in [0.2, 0.25) is 0 Å². The number of hydrogen-bond donors (Lipinski definition) is 0. The summed E-state index contributed by atoms with van der Waals surface area (Å²) in [5.41, 5.74) is -0.117. The topological polar surface area (TPSA) is 27.7 Å². The zero-order chi connectivity index (χ0) is 10.9. The molecule has 90 valence electrons. The van der Waals surface area contributed by atoms with Gasteiger partial charge in [0.15, 0.2) is 0 Å². The van der Waals surface area contributed by atoms with Crippen molar-refractivity contribution >= 4 is 0 Å². The SMILES string of the molecule is CC[C@]12O[CH-][C@H](OC13CC3(C)C)[C@@H]2OC.[U]. The molecule has 3 nitrogen and oxygen atoms in total. The molecule has 3 aliphatic rings. The van der Waals surface area contributed by atoms with Gasteiger partial charge in [-0.1, -0.05) is 20.8 Å². The average Bonchev–Trinajstić information content (AvgIpc) is 2.58. The van der Waals surface area contributed by atoms with Gasteiger partial charge < -0.3 is 14.2 Å². The van der Waals surface area contributed by atoms with Crippen LogP contribution in [-0.2, 0) is 14.2 Å². The Morgan fingerprint density at radius 3 is 2.50 bits per heavy atom. The van der Waals surface area contributed by atoms with Gasteiger partial charge >= 0.3 is 0 Å². The third-order valence-electron chi connectivity index (χ3n) is 4.63. The van der Waals surface area contributed by atoms with E-state index in [-0.39, 0.29) is 59.9 Å². The van der Waals surface area contributed by atoms with Gasteiger partial charge in [-0.2, -0.15) is 6.61 Å². The Bertz CT molecular complexity index is 307. The monoisotopic (exact) mass is 449 g/mol. The molecule has 0 aromatic heterocycles. The maximum Gasteiger partial charge on any atom is 0.0996 e. The van der Waals surface area contributed by atoms with Crippen molar-refractivity contribution in [3.05, 3.63) is 6.61 Å². The van der Waals surface area contributed by atoms with Crippen LogP contribution in [0.3, 0.4) is 0 Å². The second kappa shape index (κ2) is 3.71. The fraction of sp³-hybridized carbons (Fsp3) is 0.917. The molecule has 0 aromatic carbocycles. The summed E-state index contributed by atoms with van der Waals surface area (Å²) in [6.45, 7) is 8.48. The van der Waals surface area contributed by atoms with E-state index in [0.717, 1.165) is 12.8 Å². The minimum absolute atomic E-state index is 0. The van der Waals surface area contributed by atoms with E-state index in [1.165, 1.54) is 0 Å². The molecule has 3 fully saturated rings. The third kappa shape index (κ3) is 1.21. The van der Waals surface area contributed by atoms with Crippen molar-refractivity contribution in [1.29, 1.82) is 0 Å². The van der Waals surface area contributed by atoms with Crippen LogP contribution in [-0.4, -0.2) is 30.5 Å². The van der Waals surface area contributed by atoms with E-state index in [1.807, 2.05) is 6.61 Å². The van der Waals surface area contributed by atoms with E-state index in [1.54, 1.807) is 7.11 Å². The van der Waals surface area contributed by atoms with Gasteiger partial charge in [-0.3, -0.25) is 0 Å². The molecule has 2 heterocycles. The largest absolute Gasteiger partial charge is 0.541 e. The van der Waals surface area contributed by atoms with E-state index in [2.05, 4.69) is 20.8 Å². The Morgan fingerprint density at radius 1 is 1.44 bits per heavy atom. The molecule has 0 radical (unpaired) electrons. The first-order chi connectivity index (χ1) is 7.03.